The van der Waals surface area contributed by atoms with Crippen LogP contribution in [0.5, 0.6) is 0 Å². The third-order valence-corrected chi connectivity index (χ3v) is 3.10. The fourth-order valence-corrected chi connectivity index (χ4v) is 2.12. The van der Waals surface area contributed by atoms with Gasteiger partial charge in [-0.1, -0.05) is 0 Å². The van der Waals surface area contributed by atoms with Crippen LogP contribution in [0.4, 0.5) is 18.9 Å². The second kappa shape index (κ2) is 5.61. The van der Waals surface area contributed by atoms with E-state index in [1.54, 1.807) is 0 Å². The predicted molar refractivity (Wildman–Crippen MR) is 66.0 cm³/mol. The first kappa shape index (κ1) is 15.1. The van der Waals surface area contributed by atoms with Crippen LogP contribution in [0.15, 0.2) is 18.2 Å². The van der Waals surface area contributed by atoms with Gasteiger partial charge in [0.05, 0.1) is 30.3 Å². The van der Waals surface area contributed by atoms with Gasteiger partial charge in [0.15, 0.2) is 6.10 Å². The van der Waals surface area contributed by atoms with Gasteiger partial charge in [-0.3, -0.25) is 0 Å². The van der Waals surface area contributed by atoms with Crippen LogP contribution in [0.3, 0.4) is 0 Å². The number of nitriles is 1. The summed E-state index contributed by atoms with van der Waals surface area (Å²) in [6.07, 6.45) is -5.49. The minimum atomic E-state index is -4.68. The number of morpholine rings is 1. The molecule has 1 saturated heterocycles. The lowest BCUT2D eigenvalue weighted by atomic mass is 10.1. The Kier molecular flexibility index (Phi) is 4.04. The summed E-state index contributed by atoms with van der Waals surface area (Å²) in [4.78, 5) is 12.2. The molecule has 0 radical (unpaired) electrons. The molecule has 1 aromatic rings. The van der Waals surface area contributed by atoms with Gasteiger partial charge in [0, 0.05) is 12.2 Å². The molecule has 1 aliphatic rings. The van der Waals surface area contributed by atoms with Crippen LogP contribution in [-0.4, -0.2) is 36.9 Å². The van der Waals surface area contributed by atoms with Crippen molar-refractivity contribution in [3.05, 3.63) is 29.3 Å². The van der Waals surface area contributed by atoms with Gasteiger partial charge in [0.25, 0.3) is 0 Å². The molecule has 112 valence electrons. The second-order valence-corrected chi connectivity index (χ2v) is 4.47. The van der Waals surface area contributed by atoms with Gasteiger partial charge in [0.1, 0.15) is 0 Å². The molecule has 8 heteroatoms. The van der Waals surface area contributed by atoms with E-state index < -0.39 is 29.4 Å². The standard InChI is InChI=1S/C13H11F3N2O3/c14-13(15,16)10-5-8(12(19)20)1-2-11(10)18-3-4-21-9(6-17)7-18/h1-2,5,9H,3-4,7H2,(H,19,20). The Morgan fingerprint density at radius 1 is 1.48 bits per heavy atom. The first-order valence-corrected chi connectivity index (χ1v) is 6.03. The van der Waals surface area contributed by atoms with Gasteiger partial charge in [-0.25, -0.2) is 4.79 Å². The fraction of sp³-hybridized carbons (Fsp3) is 0.385. The summed E-state index contributed by atoms with van der Waals surface area (Å²) in [5.41, 5.74) is -1.60. The molecular weight excluding hydrogens is 289 g/mol. The molecule has 1 N–H and O–H groups in total. The van der Waals surface area contributed by atoms with Gasteiger partial charge >= 0.3 is 12.1 Å². The zero-order valence-corrected chi connectivity index (χ0v) is 10.7. The van der Waals surface area contributed by atoms with Gasteiger partial charge in [0.2, 0.25) is 0 Å². The summed E-state index contributed by atoms with van der Waals surface area (Å²) in [5, 5.41) is 17.6. The minimum Gasteiger partial charge on any atom is -0.478 e. The van der Waals surface area contributed by atoms with Crippen LogP contribution < -0.4 is 4.90 Å². The quantitative estimate of drug-likeness (QED) is 0.905. The highest BCUT2D eigenvalue weighted by Crippen LogP contribution is 2.37. The number of nitrogens with zero attached hydrogens (tertiary/aromatic N) is 2. The van der Waals surface area contributed by atoms with E-state index >= 15 is 0 Å². The molecule has 1 fully saturated rings. The van der Waals surface area contributed by atoms with Gasteiger partial charge in [-0.05, 0) is 18.2 Å². The zero-order chi connectivity index (χ0) is 15.6. The predicted octanol–water partition coefficient (Wildman–Crippen LogP) is 2.13. The molecule has 2 rings (SSSR count). The average molecular weight is 300 g/mol. The van der Waals surface area contributed by atoms with Crippen molar-refractivity contribution in [1.29, 1.82) is 5.26 Å². The molecule has 0 saturated carbocycles. The van der Waals surface area contributed by atoms with Crippen LogP contribution in [-0.2, 0) is 10.9 Å². The number of benzene rings is 1. The maximum atomic E-state index is 13.1. The maximum Gasteiger partial charge on any atom is 0.418 e. The highest BCUT2D eigenvalue weighted by molar-refractivity contribution is 5.88. The van der Waals surface area contributed by atoms with E-state index in [0.717, 1.165) is 12.1 Å². The SMILES string of the molecule is N#CC1CN(c2ccc(C(=O)O)cc2C(F)(F)F)CCO1. The molecular formula is C13H11F3N2O3. The number of rotatable bonds is 2. The summed E-state index contributed by atoms with van der Waals surface area (Å²) >= 11 is 0. The lowest BCUT2D eigenvalue weighted by molar-refractivity contribution is -0.137. The number of hydrogen-bond donors (Lipinski definition) is 1. The van der Waals surface area contributed by atoms with Crippen molar-refractivity contribution in [2.45, 2.75) is 12.3 Å². The second-order valence-electron chi connectivity index (χ2n) is 4.47. The topological polar surface area (TPSA) is 73.6 Å². The van der Waals surface area contributed by atoms with Crippen LogP contribution >= 0.6 is 0 Å². The molecule has 0 spiro atoms. The number of anilines is 1. The van der Waals surface area contributed by atoms with E-state index in [-0.39, 0.29) is 25.4 Å². The number of alkyl halides is 3. The fourth-order valence-electron chi connectivity index (χ4n) is 2.12. The summed E-state index contributed by atoms with van der Waals surface area (Å²) in [7, 11) is 0. The molecule has 0 aliphatic carbocycles. The zero-order valence-electron chi connectivity index (χ0n) is 10.7. The molecule has 0 bridgehead atoms. The summed E-state index contributed by atoms with van der Waals surface area (Å²) < 4.78 is 44.4. The van der Waals surface area contributed by atoms with Crippen LogP contribution in [0.2, 0.25) is 0 Å². The van der Waals surface area contributed by atoms with Crippen LogP contribution in [0.1, 0.15) is 15.9 Å². The lowest BCUT2D eigenvalue weighted by Gasteiger charge is -2.33. The number of carbonyl (C=O) groups is 1. The number of carboxylic acids is 1. The van der Waals surface area contributed by atoms with Gasteiger partial charge in [-0.15, -0.1) is 0 Å². The Bertz CT molecular complexity index is 595. The first-order chi connectivity index (χ1) is 9.82. The minimum absolute atomic E-state index is 0.00595. The largest absolute Gasteiger partial charge is 0.478 e. The average Bonchev–Trinajstić information content (AvgIpc) is 2.45. The third kappa shape index (κ3) is 3.25. The van der Waals surface area contributed by atoms with Crippen molar-refractivity contribution in [1.82, 2.24) is 0 Å². The van der Waals surface area contributed by atoms with E-state index in [1.165, 1.54) is 4.90 Å². The Balaban J connectivity index is 2.43. The van der Waals surface area contributed by atoms with Crippen LogP contribution in [0.25, 0.3) is 0 Å². The Morgan fingerprint density at radius 2 is 2.19 bits per heavy atom. The Labute approximate surface area is 118 Å². The molecule has 1 aromatic carbocycles. The molecule has 0 amide bonds. The van der Waals surface area contributed by atoms with Crippen molar-refractivity contribution >= 4 is 11.7 Å². The smallest absolute Gasteiger partial charge is 0.418 e. The molecule has 5 nitrogen and oxygen atoms in total. The third-order valence-electron chi connectivity index (χ3n) is 3.10. The van der Waals surface area contributed by atoms with Crippen LogP contribution in [0, 0.1) is 11.3 Å². The summed E-state index contributed by atoms with van der Waals surface area (Å²) in [6, 6.07) is 4.69. The summed E-state index contributed by atoms with van der Waals surface area (Å²) in [6.45, 7) is 0.343. The highest BCUT2D eigenvalue weighted by Gasteiger charge is 2.36. The number of ether oxygens (including phenoxy) is 1. The molecule has 0 aromatic heterocycles. The molecule has 1 unspecified atom stereocenters. The number of aromatic carboxylic acids is 1. The van der Waals surface area contributed by atoms with Crippen molar-refractivity contribution in [2.24, 2.45) is 0 Å². The van der Waals surface area contributed by atoms with E-state index in [9.17, 15) is 18.0 Å². The van der Waals surface area contributed by atoms with Crippen molar-refractivity contribution < 1.29 is 27.8 Å². The van der Waals surface area contributed by atoms with E-state index in [0.29, 0.717) is 6.07 Å². The summed E-state index contributed by atoms with van der Waals surface area (Å²) in [5.74, 6) is -1.43. The first-order valence-electron chi connectivity index (χ1n) is 6.03. The number of carboxylic acid groups (broad SMARTS) is 1. The highest BCUT2D eigenvalue weighted by atomic mass is 19.4. The Hall–Kier alpha value is -2.27. The lowest BCUT2D eigenvalue weighted by Crippen LogP contribution is -2.42. The van der Waals surface area contributed by atoms with E-state index in [2.05, 4.69) is 0 Å². The normalized spacial score (nSPS) is 19.1. The van der Waals surface area contributed by atoms with Gasteiger partial charge in [-0.2, -0.15) is 18.4 Å². The number of hydrogen-bond acceptors (Lipinski definition) is 4. The van der Waals surface area contributed by atoms with Gasteiger partial charge < -0.3 is 14.7 Å². The molecule has 1 atom stereocenters. The Morgan fingerprint density at radius 3 is 2.76 bits per heavy atom. The maximum absolute atomic E-state index is 13.1. The van der Waals surface area contributed by atoms with E-state index in [1.807, 2.05) is 6.07 Å². The molecule has 21 heavy (non-hydrogen) atoms. The molecule has 1 heterocycles. The molecule has 1 aliphatic heterocycles. The van der Waals surface area contributed by atoms with Crippen molar-refractivity contribution in [2.75, 3.05) is 24.6 Å². The van der Waals surface area contributed by atoms with E-state index in [4.69, 9.17) is 15.1 Å². The van der Waals surface area contributed by atoms with Crippen molar-refractivity contribution in [3.63, 3.8) is 0 Å². The number of halogens is 3. The van der Waals surface area contributed by atoms with Crippen molar-refractivity contribution in [3.8, 4) is 6.07 Å². The monoisotopic (exact) mass is 300 g/mol.